The van der Waals surface area contributed by atoms with Gasteiger partial charge in [0, 0.05) is 10.6 Å². The van der Waals surface area contributed by atoms with Crippen molar-refractivity contribution in [2.75, 3.05) is 19.8 Å². The molecule has 0 aliphatic carbocycles. The summed E-state index contributed by atoms with van der Waals surface area (Å²) in [7, 11) is 0. The predicted molar refractivity (Wildman–Crippen MR) is 111 cm³/mol. The van der Waals surface area contributed by atoms with Crippen LogP contribution in [0.15, 0.2) is 41.5 Å². The lowest BCUT2D eigenvalue weighted by Gasteiger charge is -2.09. The first-order valence-corrected chi connectivity index (χ1v) is 9.50. The number of hydrogen-bond acceptors (Lipinski definition) is 6. The lowest BCUT2D eigenvalue weighted by Crippen LogP contribution is -2.24. The van der Waals surface area contributed by atoms with Crippen LogP contribution in [0.1, 0.15) is 12.5 Å². The van der Waals surface area contributed by atoms with Crippen LogP contribution in [0.3, 0.4) is 0 Å². The number of ether oxygens (including phenoxy) is 3. The molecule has 10 heteroatoms. The highest BCUT2D eigenvalue weighted by Gasteiger charge is 2.11. The molecule has 7 nitrogen and oxygen atoms in total. The zero-order valence-corrected chi connectivity index (χ0v) is 17.6. The highest BCUT2D eigenvalue weighted by Crippen LogP contribution is 2.35. The van der Waals surface area contributed by atoms with Gasteiger partial charge in [-0.25, -0.2) is 10.2 Å². The van der Waals surface area contributed by atoms with Gasteiger partial charge in [0.2, 0.25) is 0 Å². The molecule has 2 aromatic rings. The van der Waals surface area contributed by atoms with Crippen molar-refractivity contribution in [3.05, 3.63) is 57.0 Å². The maximum Gasteiger partial charge on any atom is 0.344 e. The van der Waals surface area contributed by atoms with Crippen LogP contribution in [-0.4, -0.2) is 37.9 Å². The number of esters is 1. The fourth-order valence-corrected chi connectivity index (χ4v) is 2.99. The van der Waals surface area contributed by atoms with E-state index in [0.29, 0.717) is 16.3 Å². The number of hydrazone groups is 1. The number of nitrogens with zero attached hydrogens (tertiary/aromatic N) is 1. The van der Waals surface area contributed by atoms with E-state index >= 15 is 0 Å². The average molecular weight is 460 g/mol. The summed E-state index contributed by atoms with van der Waals surface area (Å²) < 4.78 is 15.5. The third-order valence-electron chi connectivity index (χ3n) is 3.27. The number of hydrogen-bond donors (Lipinski definition) is 1. The van der Waals surface area contributed by atoms with Crippen LogP contribution in [0.5, 0.6) is 11.5 Å². The molecule has 0 fully saturated rings. The van der Waals surface area contributed by atoms with E-state index in [0.717, 1.165) is 0 Å². The van der Waals surface area contributed by atoms with Crippen molar-refractivity contribution >= 4 is 52.9 Å². The second-order valence-corrected chi connectivity index (χ2v) is 6.66. The van der Waals surface area contributed by atoms with E-state index in [1.807, 2.05) is 0 Å². The van der Waals surface area contributed by atoms with Gasteiger partial charge in [-0.1, -0.05) is 46.9 Å². The monoisotopic (exact) mass is 458 g/mol. The van der Waals surface area contributed by atoms with Gasteiger partial charge in [0.15, 0.2) is 19.0 Å². The molecule has 1 amide bonds. The molecule has 0 aliphatic heterocycles. The molecule has 0 aliphatic rings. The number of rotatable bonds is 9. The van der Waals surface area contributed by atoms with E-state index in [1.165, 1.54) is 18.3 Å². The quantitative estimate of drug-likeness (QED) is 0.346. The predicted octanol–water partition coefficient (Wildman–Crippen LogP) is 4.12. The van der Waals surface area contributed by atoms with Crippen LogP contribution < -0.4 is 14.9 Å². The Morgan fingerprint density at radius 1 is 1.07 bits per heavy atom. The first kappa shape index (κ1) is 22.8. The third-order valence-corrected chi connectivity index (χ3v) is 4.05. The van der Waals surface area contributed by atoms with Crippen molar-refractivity contribution in [3.63, 3.8) is 0 Å². The molecule has 2 rings (SSSR count). The lowest BCUT2D eigenvalue weighted by molar-refractivity contribution is -0.145. The van der Waals surface area contributed by atoms with Crippen molar-refractivity contribution in [1.82, 2.24) is 5.43 Å². The fraction of sp³-hybridized carbons (Fsp3) is 0.211. The minimum atomic E-state index is -0.534. The van der Waals surface area contributed by atoms with Gasteiger partial charge in [-0.2, -0.15) is 5.10 Å². The summed E-state index contributed by atoms with van der Waals surface area (Å²) in [6.45, 7) is 1.38. The molecule has 0 spiro atoms. The second kappa shape index (κ2) is 11.5. The van der Waals surface area contributed by atoms with Crippen molar-refractivity contribution in [2.24, 2.45) is 5.10 Å². The summed E-state index contributed by atoms with van der Waals surface area (Å²) in [5, 5.41) is 4.57. The van der Waals surface area contributed by atoms with Crippen LogP contribution in [-0.2, 0) is 14.3 Å². The highest BCUT2D eigenvalue weighted by atomic mass is 35.5. The third kappa shape index (κ3) is 7.45. The first-order chi connectivity index (χ1) is 13.9. The number of amides is 1. The zero-order valence-electron chi connectivity index (χ0n) is 15.3. The Morgan fingerprint density at radius 3 is 2.45 bits per heavy atom. The maximum absolute atomic E-state index is 11.9. The Morgan fingerprint density at radius 2 is 1.76 bits per heavy atom. The fourth-order valence-electron chi connectivity index (χ4n) is 2.07. The summed E-state index contributed by atoms with van der Waals surface area (Å²) >= 11 is 17.8. The Bertz CT molecular complexity index is 882. The van der Waals surface area contributed by atoms with E-state index in [4.69, 9.17) is 49.0 Å². The van der Waals surface area contributed by atoms with Gasteiger partial charge in [-0.3, -0.25) is 4.79 Å². The summed E-state index contributed by atoms with van der Waals surface area (Å²) in [5.74, 6) is -0.457. The van der Waals surface area contributed by atoms with Crippen molar-refractivity contribution in [1.29, 1.82) is 0 Å². The minimum Gasteiger partial charge on any atom is -0.481 e. The molecular weight excluding hydrogens is 443 g/mol. The molecule has 0 heterocycles. The van der Waals surface area contributed by atoms with Crippen LogP contribution in [0.25, 0.3) is 0 Å². The van der Waals surface area contributed by atoms with Crippen LogP contribution in [0.4, 0.5) is 0 Å². The maximum atomic E-state index is 11.9. The highest BCUT2D eigenvalue weighted by molar-refractivity contribution is 6.40. The topological polar surface area (TPSA) is 86.2 Å². The molecule has 0 bridgehead atoms. The van der Waals surface area contributed by atoms with Gasteiger partial charge in [0.1, 0.15) is 5.75 Å². The summed E-state index contributed by atoms with van der Waals surface area (Å²) in [6.07, 6.45) is 1.38. The van der Waals surface area contributed by atoms with Crippen molar-refractivity contribution in [3.8, 4) is 11.5 Å². The Kier molecular flexibility index (Phi) is 9.05. The molecule has 0 aromatic heterocycles. The number of carbonyl (C=O) groups excluding carboxylic acids is 2. The number of halogens is 3. The van der Waals surface area contributed by atoms with Gasteiger partial charge in [-0.15, -0.1) is 0 Å². The number of benzene rings is 2. The van der Waals surface area contributed by atoms with Gasteiger partial charge in [-0.05, 0) is 31.2 Å². The van der Waals surface area contributed by atoms with E-state index < -0.39 is 11.9 Å². The molecule has 154 valence electrons. The normalized spacial score (nSPS) is 10.6. The van der Waals surface area contributed by atoms with Gasteiger partial charge >= 0.3 is 5.97 Å². The van der Waals surface area contributed by atoms with E-state index in [2.05, 4.69) is 10.5 Å². The molecule has 0 saturated heterocycles. The van der Waals surface area contributed by atoms with Crippen LogP contribution in [0.2, 0.25) is 15.1 Å². The minimum absolute atomic E-state index is 0.148. The largest absolute Gasteiger partial charge is 0.481 e. The average Bonchev–Trinajstić information content (AvgIpc) is 2.66. The standard InChI is InChI=1S/C19H17Cl3N2O5/c1-2-27-18(26)11-28-16-6-4-3-5-12(16)9-23-24-17(25)10-29-19-14(21)7-13(20)8-15(19)22/h3-9H,2,10-11H2,1H3,(H,24,25). The second-order valence-electron chi connectivity index (χ2n) is 5.41. The SMILES string of the molecule is CCOC(=O)COc1ccccc1C=NNC(=O)COc1c(Cl)cc(Cl)cc1Cl. The van der Waals surface area contributed by atoms with Gasteiger partial charge < -0.3 is 14.2 Å². The molecule has 0 unspecified atom stereocenters. The Balaban J connectivity index is 1.90. The molecule has 1 N–H and O–H groups in total. The Labute approximate surface area is 182 Å². The molecule has 0 atom stereocenters. The van der Waals surface area contributed by atoms with E-state index in [-0.39, 0.29) is 35.6 Å². The molecule has 2 aromatic carbocycles. The van der Waals surface area contributed by atoms with E-state index in [1.54, 1.807) is 31.2 Å². The smallest absolute Gasteiger partial charge is 0.344 e. The number of carbonyl (C=O) groups is 2. The zero-order chi connectivity index (χ0) is 21.2. The van der Waals surface area contributed by atoms with Gasteiger partial charge in [0.05, 0.1) is 22.9 Å². The first-order valence-electron chi connectivity index (χ1n) is 8.37. The summed E-state index contributed by atoms with van der Waals surface area (Å²) in [5.41, 5.74) is 2.87. The number of nitrogens with one attached hydrogen (secondary N) is 1. The van der Waals surface area contributed by atoms with Gasteiger partial charge in [0.25, 0.3) is 5.91 Å². The molecule has 0 saturated carbocycles. The van der Waals surface area contributed by atoms with Crippen LogP contribution in [0, 0.1) is 0 Å². The van der Waals surface area contributed by atoms with Crippen molar-refractivity contribution < 1.29 is 23.8 Å². The lowest BCUT2D eigenvalue weighted by atomic mass is 10.2. The summed E-state index contributed by atoms with van der Waals surface area (Å²) in [4.78, 5) is 23.3. The molecular formula is C19H17Cl3N2O5. The molecule has 29 heavy (non-hydrogen) atoms. The summed E-state index contributed by atoms with van der Waals surface area (Å²) in [6, 6.07) is 9.77. The number of para-hydroxylation sites is 1. The van der Waals surface area contributed by atoms with Crippen LogP contribution >= 0.6 is 34.8 Å². The van der Waals surface area contributed by atoms with Crippen molar-refractivity contribution in [2.45, 2.75) is 6.92 Å². The van der Waals surface area contributed by atoms with E-state index in [9.17, 15) is 9.59 Å². The molecule has 0 radical (unpaired) electrons. The Hall–Kier alpha value is -2.48.